The number of hydrogen-bond acceptors (Lipinski definition) is 3. The summed E-state index contributed by atoms with van der Waals surface area (Å²) >= 11 is 0. The summed E-state index contributed by atoms with van der Waals surface area (Å²) in [6, 6.07) is 3.98. The van der Waals surface area contributed by atoms with Crippen LogP contribution in [0.3, 0.4) is 0 Å². The van der Waals surface area contributed by atoms with Crippen molar-refractivity contribution in [3.05, 3.63) is 30.1 Å². The van der Waals surface area contributed by atoms with E-state index in [0.29, 0.717) is 19.0 Å². The minimum Gasteiger partial charge on any atom is -0.330 e. The summed E-state index contributed by atoms with van der Waals surface area (Å²) in [6.07, 6.45) is 4.56. The maximum Gasteiger partial charge on any atom is 0.0299 e. The van der Waals surface area contributed by atoms with Gasteiger partial charge in [-0.05, 0) is 37.1 Å². The molecule has 4 N–H and O–H groups in total. The molecule has 0 saturated heterocycles. The SMILES string of the molecule is NCC(CN)Cc1cccnc1. The van der Waals surface area contributed by atoms with Gasteiger partial charge in [-0.15, -0.1) is 0 Å². The molecule has 1 aromatic heterocycles. The molecule has 3 heteroatoms. The third kappa shape index (κ3) is 2.60. The van der Waals surface area contributed by atoms with Crippen molar-refractivity contribution in [1.82, 2.24) is 4.98 Å². The molecule has 0 aliphatic heterocycles. The summed E-state index contributed by atoms with van der Waals surface area (Å²) in [7, 11) is 0. The average molecular weight is 165 g/mol. The van der Waals surface area contributed by atoms with Gasteiger partial charge < -0.3 is 11.5 Å². The summed E-state index contributed by atoms with van der Waals surface area (Å²) in [5.41, 5.74) is 12.3. The zero-order chi connectivity index (χ0) is 8.81. The molecule has 12 heavy (non-hydrogen) atoms. The molecule has 66 valence electrons. The molecule has 0 radical (unpaired) electrons. The zero-order valence-electron chi connectivity index (χ0n) is 7.11. The summed E-state index contributed by atoms with van der Waals surface area (Å²) in [4.78, 5) is 4.02. The molecule has 0 amide bonds. The van der Waals surface area contributed by atoms with Crippen LogP contribution in [0.25, 0.3) is 0 Å². The van der Waals surface area contributed by atoms with Crippen molar-refractivity contribution in [2.24, 2.45) is 17.4 Å². The van der Waals surface area contributed by atoms with Crippen molar-refractivity contribution in [2.75, 3.05) is 13.1 Å². The van der Waals surface area contributed by atoms with Gasteiger partial charge in [-0.1, -0.05) is 6.07 Å². The lowest BCUT2D eigenvalue weighted by Crippen LogP contribution is -2.25. The zero-order valence-corrected chi connectivity index (χ0v) is 7.11. The Balaban J connectivity index is 2.51. The number of nitrogens with zero attached hydrogens (tertiary/aromatic N) is 1. The molecule has 1 aromatic rings. The molecule has 0 fully saturated rings. The first-order valence-electron chi connectivity index (χ1n) is 4.16. The number of aromatic nitrogens is 1. The summed E-state index contributed by atoms with van der Waals surface area (Å²) in [5.74, 6) is 0.384. The molecule has 0 bridgehead atoms. The molecular formula is C9H15N3. The summed E-state index contributed by atoms with van der Waals surface area (Å²) in [6.45, 7) is 1.29. The van der Waals surface area contributed by atoms with Crippen LogP contribution < -0.4 is 11.5 Å². The smallest absolute Gasteiger partial charge is 0.0299 e. The first kappa shape index (κ1) is 9.16. The second-order valence-corrected chi connectivity index (χ2v) is 2.90. The largest absolute Gasteiger partial charge is 0.330 e. The van der Waals surface area contributed by atoms with Crippen molar-refractivity contribution in [3.63, 3.8) is 0 Å². The summed E-state index contributed by atoms with van der Waals surface area (Å²) < 4.78 is 0. The van der Waals surface area contributed by atoms with Crippen LogP contribution in [-0.2, 0) is 6.42 Å². The van der Waals surface area contributed by atoms with E-state index < -0.39 is 0 Å². The second-order valence-electron chi connectivity index (χ2n) is 2.90. The molecule has 0 unspecified atom stereocenters. The number of rotatable bonds is 4. The predicted octanol–water partition coefficient (Wildman–Crippen LogP) is 0.158. The fourth-order valence-electron chi connectivity index (χ4n) is 1.12. The lowest BCUT2D eigenvalue weighted by atomic mass is 10.0. The highest BCUT2D eigenvalue weighted by molar-refractivity contribution is 5.09. The van der Waals surface area contributed by atoms with E-state index in [-0.39, 0.29) is 0 Å². The Kier molecular flexibility index (Phi) is 3.70. The fourth-order valence-corrected chi connectivity index (χ4v) is 1.12. The van der Waals surface area contributed by atoms with Crippen molar-refractivity contribution < 1.29 is 0 Å². The van der Waals surface area contributed by atoms with Gasteiger partial charge >= 0.3 is 0 Å². The van der Waals surface area contributed by atoms with Gasteiger partial charge in [-0.3, -0.25) is 4.98 Å². The van der Waals surface area contributed by atoms with E-state index in [1.165, 1.54) is 5.56 Å². The molecule has 0 aliphatic carbocycles. The molecule has 0 atom stereocenters. The van der Waals surface area contributed by atoms with E-state index in [1.807, 2.05) is 18.3 Å². The van der Waals surface area contributed by atoms with Crippen LogP contribution in [0, 0.1) is 5.92 Å². The Morgan fingerprint density at radius 2 is 2.08 bits per heavy atom. The molecule has 0 aliphatic rings. The quantitative estimate of drug-likeness (QED) is 0.668. The van der Waals surface area contributed by atoms with Crippen molar-refractivity contribution in [3.8, 4) is 0 Å². The van der Waals surface area contributed by atoms with Crippen molar-refractivity contribution in [2.45, 2.75) is 6.42 Å². The topological polar surface area (TPSA) is 64.9 Å². The van der Waals surface area contributed by atoms with Gasteiger partial charge in [-0.2, -0.15) is 0 Å². The van der Waals surface area contributed by atoms with Gasteiger partial charge in [0.15, 0.2) is 0 Å². The Labute approximate surface area is 72.8 Å². The number of pyridine rings is 1. The van der Waals surface area contributed by atoms with Crippen LogP contribution in [0.1, 0.15) is 5.56 Å². The van der Waals surface area contributed by atoms with E-state index in [4.69, 9.17) is 11.5 Å². The van der Waals surface area contributed by atoms with Gasteiger partial charge in [0.2, 0.25) is 0 Å². The number of nitrogens with two attached hydrogens (primary N) is 2. The Hall–Kier alpha value is -0.930. The maximum atomic E-state index is 5.53. The third-order valence-electron chi connectivity index (χ3n) is 1.91. The van der Waals surface area contributed by atoms with Crippen molar-refractivity contribution in [1.29, 1.82) is 0 Å². The molecular weight excluding hydrogens is 150 g/mol. The van der Waals surface area contributed by atoms with E-state index in [2.05, 4.69) is 4.98 Å². The first-order chi connectivity index (χ1) is 5.86. The Bertz CT molecular complexity index is 206. The lowest BCUT2D eigenvalue weighted by Gasteiger charge is -2.10. The van der Waals surface area contributed by atoms with Crippen LogP contribution in [0.5, 0.6) is 0 Å². The molecule has 1 rings (SSSR count). The average Bonchev–Trinajstić information content (AvgIpc) is 2.16. The van der Waals surface area contributed by atoms with Gasteiger partial charge in [0.25, 0.3) is 0 Å². The van der Waals surface area contributed by atoms with Crippen LogP contribution in [-0.4, -0.2) is 18.1 Å². The predicted molar refractivity (Wildman–Crippen MR) is 49.5 cm³/mol. The normalized spacial score (nSPS) is 10.6. The van der Waals surface area contributed by atoms with Crippen LogP contribution in [0.4, 0.5) is 0 Å². The van der Waals surface area contributed by atoms with Crippen molar-refractivity contribution >= 4 is 0 Å². The standard InChI is InChI=1S/C9H15N3/c10-5-9(6-11)4-8-2-1-3-12-7-8/h1-3,7,9H,4-6,10-11H2. The second kappa shape index (κ2) is 4.85. The van der Waals surface area contributed by atoms with E-state index in [1.54, 1.807) is 6.20 Å². The molecule has 0 aromatic carbocycles. The molecule has 3 nitrogen and oxygen atoms in total. The van der Waals surface area contributed by atoms with Crippen LogP contribution in [0.15, 0.2) is 24.5 Å². The van der Waals surface area contributed by atoms with E-state index >= 15 is 0 Å². The van der Waals surface area contributed by atoms with E-state index in [0.717, 1.165) is 6.42 Å². The van der Waals surface area contributed by atoms with Gasteiger partial charge in [0, 0.05) is 12.4 Å². The first-order valence-corrected chi connectivity index (χ1v) is 4.16. The minimum atomic E-state index is 0.384. The number of hydrogen-bond donors (Lipinski definition) is 2. The van der Waals surface area contributed by atoms with Crippen LogP contribution in [0.2, 0.25) is 0 Å². The van der Waals surface area contributed by atoms with Gasteiger partial charge in [-0.25, -0.2) is 0 Å². The summed E-state index contributed by atoms with van der Waals surface area (Å²) in [5, 5.41) is 0. The minimum absolute atomic E-state index is 0.384. The lowest BCUT2D eigenvalue weighted by molar-refractivity contribution is 0.547. The monoisotopic (exact) mass is 165 g/mol. The molecule has 1 heterocycles. The third-order valence-corrected chi connectivity index (χ3v) is 1.91. The highest BCUT2D eigenvalue weighted by atomic mass is 14.6. The fraction of sp³-hybridized carbons (Fsp3) is 0.444. The molecule has 0 spiro atoms. The van der Waals surface area contributed by atoms with E-state index in [9.17, 15) is 0 Å². The van der Waals surface area contributed by atoms with Crippen LogP contribution >= 0.6 is 0 Å². The highest BCUT2D eigenvalue weighted by Gasteiger charge is 2.04. The van der Waals surface area contributed by atoms with Gasteiger partial charge in [0.05, 0.1) is 0 Å². The highest BCUT2D eigenvalue weighted by Crippen LogP contribution is 2.04. The Morgan fingerprint density at radius 3 is 2.58 bits per heavy atom. The maximum absolute atomic E-state index is 5.53. The van der Waals surface area contributed by atoms with Gasteiger partial charge in [0.1, 0.15) is 0 Å². The molecule has 0 saturated carbocycles. The Morgan fingerprint density at radius 1 is 1.33 bits per heavy atom.